The van der Waals surface area contributed by atoms with Gasteiger partial charge in [-0.25, -0.2) is 9.98 Å². The number of hydrogen-bond acceptors (Lipinski definition) is 6. The molecular weight excluding hydrogens is 697 g/mol. The average molecular weight is 735 g/mol. The molecule has 4 aromatic carbocycles. The third kappa shape index (κ3) is 6.27. The Balaban J connectivity index is 1.38. The topological polar surface area (TPSA) is 93.2 Å². The molecule has 3 aliphatic rings. The highest BCUT2D eigenvalue weighted by molar-refractivity contribution is 6.31. The van der Waals surface area contributed by atoms with E-state index in [2.05, 4.69) is 107 Å². The fraction of sp³-hybridized carbons (Fsp3) is 0.0833. The van der Waals surface area contributed by atoms with E-state index >= 15 is 0 Å². The Labute approximate surface area is 324 Å². The summed E-state index contributed by atoms with van der Waals surface area (Å²) in [5, 5.41) is 1.83. The van der Waals surface area contributed by atoms with Gasteiger partial charge < -0.3 is 28.9 Å². The Morgan fingerprint density at radius 1 is 0.393 bits per heavy atom. The maximum absolute atomic E-state index is 5.53. The molecule has 8 heteroatoms. The smallest absolute Gasteiger partial charge is 0.118 e. The van der Waals surface area contributed by atoms with Gasteiger partial charge in [-0.15, -0.1) is 0 Å². The van der Waals surface area contributed by atoms with Crippen LogP contribution in [-0.2, 0) is 0 Å². The Bertz CT molecular complexity index is 2600. The van der Waals surface area contributed by atoms with Crippen molar-refractivity contribution in [1.29, 1.82) is 0 Å². The van der Waals surface area contributed by atoms with E-state index in [0.29, 0.717) is 0 Å². The minimum Gasteiger partial charge on any atom is -0.497 e. The van der Waals surface area contributed by atoms with Crippen molar-refractivity contribution >= 4 is 33.7 Å². The molecule has 0 saturated heterocycles. The second-order valence-electron chi connectivity index (χ2n) is 13.4. The van der Waals surface area contributed by atoms with E-state index in [1.165, 1.54) is 0 Å². The van der Waals surface area contributed by atoms with Crippen molar-refractivity contribution in [3.63, 3.8) is 0 Å². The normalized spacial score (nSPS) is 14.6. The average Bonchev–Trinajstić information content (AvgIpc) is 4.10. The molecule has 0 amide bonds. The minimum absolute atomic E-state index is 0.780. The molecule has 8 bridgehead atoms. The van der Waals surface area contributed by atoms with Crippen LogP contribution in [-0.4, -0.2) is 49.8 Å². The second kappa shape index (κ2) is 14.5. The van der Waals surface area contributed by atoms with Gasteiger partial charge in [0.15, 0.2) is 0 Å². The predicted octanol–water partition coefficient (Wildman–Crippen LogP) is 8.03. The first-order valence-electron chi connectivity index (χ1n) is 18.3. The van der Waals surface area contributed by atoms with E-state index in [1.54, 1.807) is 28.4 Å². The Kier molecular flexibility index (Phi) is 8.91. The standard InChI is InChI=1S/C48H38N4O4/c1-53-34-13-5-29(6-14-34)45-33-27-44(49-28-33)48(32-11-19-37(56-4)20-12-32)43-26-25-42(52-43)47(31-9-17-36(55-3)18-10-31)41-24-23-40(51-41)46(39-22-21-38(45)50-39)30-7-15-35(54-2)16-8-30/h5-28,49,51H,1-4H3. The highest BCUT2D eigenvalue weighted by atomic mass is 16.5. The highest BCUT2D eigenvalue weighted by Crippen LogP contribution is 2.38. The lowest BCUT2D eigenvalue weighted by atomic mass is 9.95. The maximum atomic E-state index is 5.53. The molecule has 0 fully saturated rings. The Hall–Kier alpha value is -7.32. The molecule has 6 aromatic rings. The monoisotopic (exact) mass is 734 g/mol. The molecule has 8 nitrogen and oxygen atoms in total. The van der Waals surface area contributed by atoms with Crippen LogP contribution in [0.15, 0.2) is 167 Å². The van der Waals surface area contributed by atoms with Crippen LogP contribution < -0.4 is 29.6 Å². The van der Waals surface area contributed by atoms with E-state index in [0.717, 1.165) is 112 Å². The van der Waals surface area contributed by atoms with Crippen molar-refractivity contribution in [2.45, 2.75) is 0 Å². The van der Waals surface area contributed by atoms with Crippen molar-refractivity contribution in [3.05, 3.63) is 201 Å². The van der Waals surface area contributed by atoms with Crippen LogP contribution in [0.2, 0.25) is 0 Å². The van der Waals surface area contributed by atoms with Crippen LogP contribution in [0.25, 0.3) is 22.3 Å². The first-order chi connectivity index (χ1) is 27.5. The Morgan fingerprint density at radius 3 is 1.18 bits per heavy atom. The van der Waals surface area contributed by atoms with Gasteiger partial charge in [0.1, 0.15) is 23.0 Å². The number of aliphatic imine (C=N–C) groups is 2. The zero-order valence-electron chi connectivity index (χ0n) is 31.4. The van der Waals surface area contributed by atoms with Crippen LogP contribution in [0.3, 0.4) is 0 Å². The number of benzene rings is 4. The summed E-state index contributed by atoms with van der Waals surface area (Å²) in [4.78, 5) is 18.2. The van der Waals surface area contributed by atoms with Crippen molar-refractivity contribution in [1.82, 2.24) is 9.97 Å². The molecular formula is C48H38N4O4. The fourth-order valence-electron chi connectivity index (χ4n) is 7.47. The molecule has 0 spiro atoms. The second-order valence-corrected chi connectivity index (χ2v) is 13.4. The number of aromatic amines is 2. The summed E-state index contributed by atoms with van der Waals surface area (Å²) in [5.41, 5.74) is 13.1. The number of aromatic nitrogens is 2. The molecule has 0 saturated carbocycles. The van der Waals surface area contributed by atoms with Gasteiger partial charge in [-0.1, -0.05) is 48.5 Å². The number of H-pyrrole nitrogens is 2. The third-order valence-corrected chi connectivity index (χ3v) is 10.3. The lowest BCUT2D eigenvalue weighted by Crippen LogP contribution is -2.21. The molecule has 2 N–H and O–H groups in total. The van der Waals surface area contributed by atoms with Crippen LogP contribution in [0.4, 0.5) is 0 Å². The summed E-state index contributed by atoms with van der Waals surface area (Å²) in [6.07, 6.45) is 10.4. The molecule has 0 aliphatic carbocycles. The number of fused-ring (bicyclic) bond motifs is 6. The number of nitrogens with zero attached hydrogens (tertiary/aromatic N) is 2. The SMILES string of the molecule is COc1ccc(C2=C3C=CC(=N3)C(c3ccc(OC)cc3)=c3ccc([nH]3)=C(c3ccc(OC)cc3)C3=NC(=C(c4ccc(OC)cc4)c4cc2c[nH]4)C=C3)cc1. The molecule has 274 valence electrons. The molecule has 3 aliphatic heterocycles. The molecule has 0 atom stereocenters. The number of nitrogens with one attached hydrogen (secondary N) is 2. The van der Waals surface area contributed by atoms with Gasteiger partial charge >= 0.3 is 0 Å². The van der Waals surface area contributed by atoms with Gasteiger partial charge in [0, 0.05) is 50.4 Å². The maximum Gasteiger partial charge on any atom is 0.118 e. The summed E-state index contributed by atoms with van der Waals surface area (Å²) < 4.78 is 22.1. The number of ether oxygens (including phenoxy) is 4. The fourth-order valence-corrected chi connectivity index (χ4v) is 7.47. The molecule has 2 aromatic heterocycles. The van der Waals surface area contributed by atoms with E-state index in [-0.39, 0.29) is 0 Å². The summed E-state index contributed by atoms with van der Waals surface area (Å²) in [7, 11) is 6.71. The lowest BCUT2D eigenvalue weighted by molar-refractivity contribution is 0.414. The van der Waals surface area contributed by atoms with Crippen molar-refractivity contribution < 1.29 is 18.9 Å². The van der Waals surface area contributed by atoms with E-state index in [1.807, 2.05) is 48.5 Å². The van der Waals surface area contributed by atoms with E-state index in [9.17, 15) is 0 Å². The van der Waals surface area contributed by atoms with Gasteiger partial charge in [-0.2, -0.15) is 0 Å². The summed E-state index contributed by atoms with van der Waals surface area (Å²) in [5.74, 6) is 3.12. The number of hydrogen-bond donors (Lipinski definition) is 2. The van der Waals surface area contributed by atoms with Crippen LogP contribution in [0, 0.1) is 0 Å². The van der Waals surface area contributed by atoms with Crippen LogP contribution >= 0.6 is 0 Å². The number of rotatable bonds is 8. The summed E-state index contributed by atoms with van der Waals surface area (Å²) >= 11 is 0. The minimum atomic E-state index is 0.780. The molecule has 0 radical (unpaired) electrons. The van der Waals surface area contributed by atoms with E-state index < -0.39 is 0 Å². The number of allylic oxidation sites excluding steroid dienone is 4. The van der Waals surface area contributed by atoms with Gasteiger partial charge in [-0.05, 0) is 113 Å². The molecule has 0 unspecified atom stereocenters. The van der Waals surface area contributed by atoms with Gasteiger partial charge in [0.2, 0.25) is 0 Å². The highest BCUT2D eigenvalue weighted by Gasteiger charge is 2.24. The summed E-state index contributed by atoms with van der Waals surface area (Å²) in [6.45, 7) is 0. The number of methoxy groups -OCH3 is 4. The molecule has 9 rings (SSSR count). The lowest BCUT2D eigenvalue weighted by Gasteiger charge is -2.12. The van der Waals surface area contributed by atoms with Crippen molar-refractivity contribution in [2.24, 2.45) is 9.98 Å². The van der Waals surface area contributed by atoms with Crippen LogP contribution in [0.1, 0.15) is 33.5 Å². The predicted molar refractivity (Wildman–Crippen MR) is 223 cm³/mol. The van der Waals surface area contributed by atoms with Gasteiger partial charge in [-0.3, -0.25) is 0 Å². The van der Waals surface area contributed by atoms with Crippen molar-refractivity contribution in [3.8, 4) is 23.0 Å². The van der Waals surface area contributed by atoms with Crippen molar-refractivity contribution in [2.75, 3.05) is 28.4 Å². The summed E-state index contributed by atoms with van der Waals surface area (Å²) in [6, 6.07) is 38.8. The quantitative estimate of drug-likeness (QED) is 0.166. The first-order valence-corrected chi connectivity index (χ1v) is 18.3. The zero-order valence-corrected chi connectivity index (χ0v) is 31.4. The largest absolute Gasteiger partial charge is 0.497 e. The zero-order chi connectivity index (χ0) is 38.2. The molecule has 5 heterocycles. The first kappa shape index (κ1) is 34.4. The Morgan fingerprint density at radius 2 is 0.768 bits per heavy atom. The van der Waals surface area contributed by atoms with Crippen LogP contribution in [0.5, 0.6) is 23.0 Å². The van der Waals surface area contributed by atoms with Gasteiger partial charge in [0.25, 0.3) is 0 Å². The van der Waals surface area contributed by atoms with Gasteiger partial charge in [0.05, 0.1) is 51.3 Å². The third-order valence-electron chi connectivity index (χ3n) is 10.3. The van der Waals surface area contributed by atoms with E-state index in [4.69, 9.17) is 28.9 Å². The molecule has 56 heavy (non-hydrogen) atoms.